The Bertz CT molecular complexity index is 489. The van der Waals surface area contributed by atoms with Gasteiger partial charge in [0, 0.05) is 20.3 Å². The van der Waals surface area contributed by atoms with E-state index in [1.54, 1.807) is 0 Å². The van der Waals surface area contributed by atoms with Crippen molar-refractivity contribution in [1.82, 2.24) is 0 Å². The molecule has 82 valence electrons. The average Bonchev–Trinajstić information content (AvgIpc) is 2.25. The number of nitrogens with two attached hydrogens (primary N) is 2. The van der Waals surface area contributed by atoms with Crippen molar-refractivity contribution in [3.8, 4) is 11.1 Å². The highest BCUT2D eigenvalue weighted by Gasteiger charge is 2.07. The molecule has 2 aromatic rings. The van der Waals surface area contributed by atoms with E-state index in [2.05, 4.69) is 31.9 Å². The second-order valence-corrected chi connectivity index (χ2v) is 5.19. The van der Waals surface area contributed by atoms with Gasteiger partial charge in [0.25, 0.3) is 0 Å². The molecule has 0 aliphatic heterocycles. The van der Waals surface area contributed by atoms with E-state index >= 15 is 0 Å². The third-order valence-electron chi connectivity index (χ3n) is 2.27. The van der Waals surface area contributed by atoms with Crippen LogP contribution in [0.1, 0.15) is 0 Å². The zero-order chi connectivity index (χ0) is 11.7. The molecule has 2 nitrogen and oxygen atoms in total. The summed E-state index contributed by atoms with van der Waals surface area (Å²) in [5.74, 6) is 0. The summed E-state index contributed by atoms with van der Waals surface area (Å²) in [6.07, 6.45) is 0. The molecule has 0 fully saturated rings. The van der Waals surface area contributed by atoms with Gasteiger partial charge >= 0.3 is 0 Å². The van der Waals surface area contributed by atoms with Gasteiger partial charge in [-0.3, -0.25) is 0 Å². The first-order valence-corrected chi connectivity index (χ1v) is 6.27. The highest BCUT2D eigenvalue weighted by molar-refractivity contribution is 9.11. The molecule has 2 aromatic carbocycles. The van der Waals surface area contributed by atoms with Crippen LogP contribution in [0.15, 0.2) is 45.3 Å². The Balaban J connectivity index is 2.66. The Kier molecular flexibility index (Phi) is 3.21. The molecule has 0 atom stereocenters. The molecule has 0 unspecified atom stereocenters. The first-order chi connectivity index (χ1) is 7.58. The molecular weight excluding hydrogens is 332 g/mol. The number of halogens is 2. The summed E-state index contributed by atoms with van der Waals surface area (Å²) in [6, 6.07) is 11.4. The Morgan fingerprint density at radius 2 is 1.06 bits per heavy atom. The van der Waals surface area contributed by atoms with Gasteiger partial charge < -0.3 is 11.5 Å². The van der Waals surface area contributed by atoms with Crippen LogP contribution in [0.5, 0.6) is 0 Å². The van der Waals surface area contributed by atoms with Gasteiger partial charge in [0.2, 0.25) is 0 Å². The van der Waals surface area contributed by atoms with Crippen molar-refractivity contribution in [2.75, 3.05) is 11.5 Å². The summed E-state index contributed by atoms with van der Waals surface area (Å²) in [7, 11) is 0. The monoisotopic (exact) mass is 340 g/mol. The maximum absolute atomic E-state index is 5.79. The average molecular weight is 342 g/mol. The van der Waals surface area contributed by atoms with E-state index in [0.717, 1.165) is 31.4 Å². The SMILES string of the molecule is Nc1ccc(Br)c(-c2cc(N)ccc2Br)c1. The first-order valence-electron chi connectivity index (χ1n) is 4.68. The molecule has 0 amide bonds. The van der Waals surface area contributed by atoms with E-state index in [0.29, 0.717) is 0 Å². The van der Waals surface area contributed by atoms with Crippen LogP contribution in [0, 0.1) is 0 Å². The lowest BCUT2D eigenvalue weighted by Crippen LogP contribution is -1.90. The summed E-state index contributed by atoms with van der Waals surface area (Å²) < 4.78 is 1.99. The second-order valence-electron chi connectivity index (χ2n) is 3.48. The van der Waals surface area contributed by atoms with Crippen molar-refractivity contribution in [2.45, 2.75) is 0 Å². The lowest BCUT2D eigenvalue weighted by molar-refractivity contribution is 1.55. The van der Waals surface area contributed by atoms with Crippen LogP contribution in [0.4, 0.5) is 11.4 Å². The van der Waals surface area contributed by atoms with Crippen LogP contribution in [-0.4, -0.2) is 0 Å². The molecule has 0 aromatic heterocycles. The summed E-state index contributed by atoms with van der Waals surface area (Å²) in [4.78, 5) is 0. The topological polar surface area (TPSA) is 52.0 Å². The van der Waals surface area contributed by atoms with E-state index in [1.165, 1.54) is 0 Å². The van der Waals surface area contributed by atoms with Gasteiger partial charge in [-0.1, -0.05) is 31.9 Å². The molecule has 0 aliphatic carbocycles. The van der Waals surface area contributed by atoms with Crippen LogP contribution >= 0.6 is 31.9 Å². The van der Waals surface area contributed by atoms with Crippen molar-refractivity contribution in [3.63, 3.8) is 0 Å². The summed E-state index contributed by atoms with van der Waals surface area (Å²) >= 11 is 7.02. The Hall–Kier alpha value is -1.00. The van der Waals surface area contributed by atoms with Crippen LogP contribution in [0.2, 0.25) is 0 Å². The molecule has 4 N–H and O–H groups in total. The minimum Gasteiger partial charge on any atom is -0.399 e. The quantitative estimate of drug-likeness (QED) is 0.769. The largest absolute Gasteiger partial charge is 0.399 e. The number of nitrogen functional groups attached to an aromatic ring is 2. The number of hydrogen-bond acceptors (Lipinski definition) is 2. The smallest absolute Gasteiger partial charge is 0.0321 e. The molecule has 16 heavy (non-hydrogen) atoms. The molecule has 0 heterocycles. The predicted octanol–water partition coefficient (Wildman–Crippen LogP) is 4.04. The fraction of sp³-hybridized carbons (Fsp3) is 0. The van der Waals surface area contributed by atoms with Crippen molar-refractivity contribution in [2.24, 2.45) is 0 Å². The third kappa shape index (κ3) is 2.23. The van der Waals surface area contributed by atoms with Crippen molar-refractivity contribution < 1.29 is 0 Å². The van der Waals surface area contributed by atoms with Gasteiger partial charge in [0.1, 0.15) is 0 Å². The van der Waals surface area contributed by atoms with Crippen molar-refractivity contribution >= 4 is 43.2 Å². The van der Waals surface area contributed by atoms with E-state index in [1.807, 2.05) is 36.4 Å². The lowest BCUT2D eigenvalue weighted by Gasteiger charge is -2.09. The molecule has 0 bridgehead atoms. The van der Waals surface area contributed by atoms with Crippen molar-refractivity contribution in [3.05, 3.63) is 45.3 Å². The molecule has 4 heteroatoms. The van der Waals surface area contributed by atoms with Gasteiger partial charge in [-0.25, -0.2) is 0 Å². The van der Waals surface area contributed by atoms with Gasteiger partial charge in [-0.2, -0.15) is 0 Å². The predicted molar refractivity (Wildman–Crippen MR) is 76.1 cm³/mol. The van der Waals surface area contributed by atoms with Crippen molar-refractivity contribution in [1.29, 1.82) is 0 Å². The van der Waals surface area contributed by atoms with Crippen LogP contribution < -0.4 is 11.5 Å². The Morgan fingerprint density at radius 1 is 0.688 bits per heavy atom. The normalized spacial score (nSPS) is 10.4. The lowest BCUT2D eigenvalue weighted by atomic mass is 10.0. The number of benzene rings is 2. The Morgan fingerprint density at radius 3 is 1.44 bits per heavy atom. The Labute approximate surface area is 111 Å². The molecule has 0 saturated carbocycles. The van der Waals surface area contributed by atoms with Gasteiger partial charge in [0.15, 0.2) is 0 Å². The van der Waals surface area contributed by atoms with Crippen LogP contribution in [-0.2, 0) is 0 Å². The van der Waals surface area contributed by atoms with E-state index < -0.39 is 0 Å². The zero-order valence-corrected chi connectivity index (χ0v) is 11.5. The molecule has 0 aliphatic rings. The minimum atomic E-state index is 0.729. The summed E-state index contributed by atoms with van der Waals surface area (Å²) in [5.41, 5.74) is 15.1. The van der Waals surface area contributed by atoms with E-state index in [9.17, 15) is 0 Å². The van der Waals surface area contributed by atoms with Crippen LogP contribution in [0.3, 0.4) is 0 Å². The number of anilines is 2. The maximum atomic E-state index is 5.79. The maximum Gasteiger partial charge on any atom is 0.0321 e. The summed E-state index contributed by atoms with van der Waals surface area (Å²) in [5, 5.41) is 0. The molecular formula is C12H10Br2N2. The molecule has 0 saturated heterocycles. The van der Waals surface area contributed by atoms with Gasteiger partial charge in [0.05, 0.1) is 0 Å². The fourth-order valence-corrected chi connectivity index (χ4v) is 2.42. The van der Waals surface area contributed by atoms with E-state index in [-0.39, 0.29) is 0 Å². The highest BCUT2D eigenvalue weighted by atomic mass is 79.9. The second kappa shape index (κ2) is 4.47. The van der Waals surface area contributed by atoms with Gasteiger partial charge in [-0.15, -0.1) is 0 Å². The zero-order valence-electron chi connectivity index (χ0n) is 8.37. The molecule has 0 spiro atoms. The summed E-state index contributed by atoms with van der Waals surface area (Å²) in [6.45, 7) is 0. The highest BCUT2D eigenvalue weighted by Crippen LogP contribution is 2.35. The van der Waals surface area contributed by atoms with E-state index in [4.69, 9.17) is 11.5 Å². The minimum absolute atomic E-state index is 0.729. The van der Waals surface area contributed by atoms with Crippen LogP contribution in [0.25, 0.3) is 11.1 Å². The molecule has 2 rings (SSSR count). The number of hydrogen-bond donors (Lipinski definition) is 2. The molecule has 0 radical (unpaired) electrons. The number of rotatable bonds is 1. The third-order valence-corrected chi connectivity index (χ3v) is 3.65. The first kappa shape index (κ1) is 11.5. The van der Waals surface area contributed by atoms with Gasteiger partial charge in [-0.05, 0) is 47.5 Å². The standard InChI is InChI=1S/C12H10Br2N2/c13-11-3-1-7(15)5-9(11)10-6-8(16)2-4-12(10)14/h1-6H,15-16H2. The fourth-order valence-electron chi connectivity index (χ4n) is 1.50.